The molecule has 0 aliphatic heterocycles. The SMILES string of the molecule is CCCCCCC(O)C(I)C(O)Cc1c(C(C)=O)cc(F)c(F)c1F. The van der Waals surface area contributed by atoms with Crippen LogP contribution in [0.2, 0.25) is 0 Å². The minimum atomic E-state index is -1.67. The smallest absolute Gasteiger partial charge is 0.194 e. The van der Waals surface area contributed by atoms with Crippen molar-refractivity contribution in [1.29, 1.82) is 0 Å². The standard InChI is InChI=1S/C18H24F3IO3/c1-3-4-5-6-7-14(24)18(22)15(25)9-12-11(10(2)23)8-13(19)17(21)16(12)20/h8,14-15,18,24-25H,3-7,9H2,1-2H3. The van der Waals surface area contributed by atoms with Crippen molar-refractivity contribution in [2.75, 3.05) is 0 Å². The molecule has 0 amide bonds. The first-order chi connectivity index (χ1) is 11.7. The Morgan fingerprint density at radius 2 is 1.76 bits per heavy atom. The zero-order valence-electron chi connectivity index (χ0n) is 14.4. The summed E-state index contributed by atoms with van der Waals surface area (Å²) in [5.41, 5.74) is -0.657. The fourth-order valence-corrected chi connectivity index (χ4v) is 3.28. The van der Waals surface area contributed by atoms with Gasteiger partial charge in [0.2, 0.25) is 0 Å². The fraction of sp³-hybridized carbons (Fsp3) is 0.611. The third-order valence-corrected chi connectivity index (χ3v) is 5.80. The summed E-state index contributed by atoms with van der Waals surface area (Å²) in [5, 5.41) is 20.4. The molecule has 0 radical (unpaired) electrons. The van der Waals surface area contributed by atoms with E-state index in [9.17, 15) is 28.2 Å². The molecule has 1 rings (SSSR count). The Labute approximate surface area is 159 Å². The number of rotatable bonds is 10. The monoisotopic (exact) mass is 472 g/mol. The molecule has 1 aromatic carbocycles. The third kappa shape index (κ3) is 6.21. The Balaban J connectivity index is 2.87. The normalized spacial score (nSPS) is 15.0. The number of Topliss-reactive ketones (excluding diaryl/α,β-unsaturated/α-hetero) is 1. The first-order valence-electron chi connectivity index (χ1n) is 8.38. The van der Waals surface area contributed by atoms with Crippen molar-refractivity contribution in [3.63, 3.8) is 0 Å². The van der Waals surface area contributed by atoms with Crippen LogP contribution in [0.1, 0.15) is 61.9 Å². The second kappa shape index (κ2) is 10.5. The molecule has 3 nitrogen and oxygen atoms in total. The highest BCUT2D eigenvalue weighted by Gasteiger charge is 2.28. The van der Waals surface area contributed by atoms with Crippen LogP contribution < -0.4 is 0 Å². The lowest BCUT2D eigenvalue weighted by molar-refractivity contribution is 0.0878. The van der Waals surface area contributed by atoms with Gasteiger partial charge in [-0.15, -0.1) is 0 Å². The van der Waals surface area contributed by atoms with Crippen molar-refractivity contribution in [2.45, 2.75) is 68.5 Å². The van der Waals surface area contributed by atoms with Crippen LogP contribution in [-0.2, 0) is 6.42 Å². The van der Waals surface area contributed by atoms with Crippen LogP contribution in [0.25, 0.3) is 0 Å². The molecule has 0 heterocycles. The van der Waals surface area contributed by atoms with E-state index >= 15 is 0 Å². The van der Waals surface area contributed by atoms with Crippen LogP contribution in [0.5, 0.6) is 0 Å². The summed E-state index contributed by atoms with van der Waals surface area (Å²) < 4.78 is 40.3. The largest absolute Gasteiger partial charge is 0.392 e. The number of hydrogen-bond donors (Lipinski definition) is 2. The van der Waals surface area contributed by atoms with E-state index in [1.165, 1.54) is 0 Å². The van der Waals surface area contributed by atoms with Crippen molar-refractivity contribution in [1.82, 2.24) is 0 Å². The quantitative estimate of drug-likeness (QED) is 0.175. The molecule has 142 valence electrons. The van der Waals surface area contributed by atoms with E-state index in [0.29, 0.717) is 12.5 Å². The van der Waals surface area contributed by atoms with Gasteiger partial charge in [0, 0.05) is 17.5 Å². The topological polar surface area (TPSA) is 57.5 Å². The Bertz CT molecular complexity index is 595. The van der Waals surface area contributed by atoms with Gasteiger partial charge in [-0.05, 0) is 19.4 Å². The van der Waals surface area contributed by atoms with Crippen LogP contribution in [0.3, 0.4) is 0 Å². The molecule has 2 N–H and O–H groups in total. The summed E-state index contributed by atoms with van der Waals surface area (Å²) in [7, 11) is 0. The average molecular weight is 472 g/mol. The second-order valence-electron chi connectivity index (χ2n) is 6.20. The van der Waals surface area contributed by atoms with Crippen LogP contribution in [-0.4, -0.2) is 32.1 Å². The predicted molar refractivity (Wildman–Crippen MR) is 98.6 cm³/mol. The third-order valence-electron chi connectivity index (χ3n) is 4.14. The molecule has 25 heavy (non-hydrogen) atoms. The summed E-state index contributed by atoms with van der Waals surface area (Å²) >= 11 is 1.86. The van der Waals surface area contributed by atoms with Gasteiger partial charge >= 0.3 is 0 Å². The zero-order chi connectivity index (χ0) is 19.1. The molecule has 0 aliphatic carbocycles. The molecule has 1 aromatic rings. The first kappa shape index (κ1) is 22.4. The van der Waals surface area contributed by atoms with Gasteiger partial charge in [-0.2, -0.15) is 0 Å². The molecule has 7 heteroatoms. The van der Waals surface area contributed by atoms with Gasteiger partial charge in [-0.25, -0.2) is 13.2 Å². The number of carbonyl (C=O) groups is 1. The van der Waals surface area contributed by atoms with Crippen LogP contribution in [0, 0.1) is 17.5 Å². The van der Waals surface area contributed by atoms with Gasteiger partial charge in [-0.1, -0.05) is 55.2 Å². The lowest BCUT2D eigenvalue weighted by Crippen LogP contribution is -2.34. The second-order valence-corrected chi connectivity index (χ2v) is 7.64. The number of aliphatic hydroxyl groups is 2. The number of unbranched alkanes of at least 4 members (excludes halogenated alkanes) is 3. The maximum atomic E-state index is 14.1. The Hall–Kier alpha value is -0.670. The van der Waals surface area contributed by atoms with E-state index in [2.05, 4.69) is 6.92 Å². The maximum Gasteiger partial charge on any atom is 0.194 e. The Kier molecular flexibility index (Phi) is 9.37. The fourth-order valence-electron chi connectivity index (χ4n) is 2.66. The van der Waals surface area contributed by atoms with Gasteiger partial charge in [0.1, 0.15) is 0 Å². The number of benzene rings is 1. The van der Waals surface area contributed by atoms with E-state index in [0.717, 1.165) is 32.6 Å². The molecule has 0 fully saturated rings. The highest BCUT2D eigenvalue weighted by Crippen LogP contribution is 2.26. The number of carbonyl (C=O) groups excluding carboxylic acids is 1. The van der Waals surface area contributed by atoms with E-state index in [1.54, 1.807) is 0 Å². The molecule has 0 aliphatic rings. The lowest BCUT2D eigenvalue weighted by Gasteiger charge is -2.23. The van der Waals surface area contributed by atoms with Crippen molar-refractivity contribution >= 4 is 28.4 Å². The van der Waals surface area contributed by atoms with Crippen LogP contribution in [0.4, 0.5) is 13.2 Å². The van der Waals surface area contributed by atoms with Crippen molar-refractivity contribution in [2.24, 2.45) is 0 Å². The van der Waals surface area contributed by atoms with Crippen molar-refractivity contribution in [3.8, 4) is 0 Å². The predicted octanol–water partition coefficient (Wildman–Crippen LogP) is 4.34. The lowest BCUT2D eigenvalue weighted by atomic mass is 9.94. The molecular formula is C18H24F3IO3. The summed E-state index contributed by atoms with van der Waals surface area (Å²) in [6.45, 7) is 3.19. The summed E-state index contributed by atoms with van der Waals surface area (Å²) in [6.07, 6.45) is 2.01. The minimum absolute atomic E-state index is 0.295. The highest BCUT2D eigenvalue weighted by atomic mass is 127. The number of aliphatic hydroxyl groups excluding tert-OH is 2. The Morgan fingerprint density at radius 1 is 1.12 bits per heavy atom. The highest BCUT2D eigenvalue weighted by molar-refractivity contribution is 14.1. The number of ketones is 1. The van der Waals surface area contributed by atoms with Gasteiger partial charge in [-0.3, -0.25) is 4.79 Å². The van der Waals surface area contributed by atoms with E-state index in [1.807, 2.05) is 22.6 Å². The molecular weight excluding hydrogens is 448 g/mol. The van der Waals surface area contributed by atoms with Crippen LogP contribution >= 0.6 is 22.6 Å². The number of hydrogen-bond acceptors (Lipinski definition) is 3. The molecule has 0 saturated heterocycles. The number of alkyl halides is 1. The van der Waals surface area contributed by atoms with Crippen molar-refractivity contribution in [3.05, 3.63) is 34.6 Å². The van der Waals surface area contributed by atoms with E-state index in [4.69, 9.17) is 0 Å². The molecule has 0 bridgehead atoms. The van der Waals surface area contributed by atoms with Gasteiger partial charge in [0.05, 0.1) is 16.1 Å². The maximum absolute atomic E-state index is 14.1. The van der Waals surface area contributed by atoms with Crippen molar-refractivity contribution < 1.29 is 28.2 Å². The minimum Gasteiger partial charge on any atom is -0.392 e. The first-order valence-corrected chi connectivity index (χ1v) is 9.62. The zero-order valence-corrected chi connectivity index (χ0v) is 16.5. The molecule has 0 spiro atoms. The molecule has 0 saturated carbocycles. The van der Waals surface area contributed by atoms with Crippen LogP contribution in [0.15, 0.2) is 6.07 Å². The van der Waals surface area contributed by atoms with Gasteiger partial charge in [0.15, 0.2) is 23.2 Å². The van der Waals surface area contributed by atoms with E-state index < -0.39 is 39.4 Å². The summed E-state index contributed by atoms with van der Waals surface area (Å²) in [4.78, 5) is 11.6. The van der Waals surface area contributed by atoms with E-state index in [-0.39, 0.29) is 17.5 Å². The van der Waals surface area contributed by atoms with Gasteiger partial charge in [0.25, 0.3) is 0 Å². The average Bonchev–Trinajstić information content (AvgIpc) is 2.57. The van der Waals surface area contributed by atoms with Gasteiger partial charge < -0.3 is 10.2 Å². The number of halogens is 4. The molecule has 3 unspecified atom stereocenters. The molecule has 3 atom stereocenters. The summed E-state index contributed by atoms with van der Waals surface area (Å²) in [6, 6.07) is 0.645. The Morgan fingerprint density at radius 3 is 2.32 bits per heavy atom. The molecule has 0 aromatic heterocycles. The summed E-state index contributed by atoms with van der Waals surface area (Å²) in [5.74, 6) is -5.20.